The van der Waals surface area contributed by atoms with Crippen LogP contribution in [0.4, 0.5) is 5.13 Å². The average molecular weight is 501 g/mol. The predicted molar refractivity (Wildman–Crippen MR) is 135 cm³/mol. The number of hydrogen-bond acceptors (Lipinski definition) is 8. The van der Waals surface area contributed by atoms with Crippen LogP contribution < -0.4 is 10.1 Å². The smallest absolute Gasteiger partial charge is 0.265 e. The Morgan fingerprint density at radius 1 is 1.21 bits per heavy atom. The fourth-order valence-electron chi connectivity index (χ4n) is 3.15. The first-order chi connectivity index (χ1) is 16.2. The first-order valence-corrected chi connectivity index (χ1v) is 12.3. The van der Waals surface area contributed by atoms with E-state index in [9.17, 15) is 9.59 Å². The number of benzene rings is 1. The van der Waals surface area contributed by atoms with Crippen LogP contribution >= 0.6 is 23.1 Å². The van der Waals surface area contributed by atoms with Gasteiger partial charge in [-0.1, -0.05) is 35.2 Å². The highest BCUT2D eigenvalue weighted by atomic mass is 32.2. The van der Waals surface area contributed by atoms with Crippen molar-refractivity contribution in [1.82, 2.24) is 24.6 Å². The van der Waals surface area contributed by atoms with Gasteiger partial charge in [-0.05, 0) is 44.0 Å². The second kappa shape index (κ2) is 11.3. The Hall–Kier alpha value is -3.18. The van der Waals surface area contributed by atoms with Crippen molar-refractivity contribution in [2.24, 2.45) is 0 Å². The lowest BCUT2D eigenvalue weighted by Gasteiger charge is -2.10. The van der Waals surface area contributed by atoms with E-state index in [-0.39, 0.29) is 24.2 Å². The summed E-state index contributed by atoms with van der Waals surface area (Å²) in [7, 11) is 3.36. The van der Waals surface area contributed by atoms with Crippen LogP contribution in [0, 0.1) is 20.8 Å². The third-order valence-electron chi connectivity index (χ3n) is 4.64. The van der Waals surface area contributed by atoms with E-state index >= 15 is 0 Å². The quantitative estimate of drug-likeness (QED) is 0.333. The van der Waals surface area contributed by atoms with E-state index in [1.54, 1.807) is 27.1 Å². The topological polar surface area (TPSA) is 102 Å². The third-order valence-corrected chi connectivity index (χ3v) is 6.67. The molecule has 0 saturated heterocycles. The summed E-state index contributed by atoms with van der Waals surface area (Å²) >= 11 is 2.42. The number of thiazole rings is 1. The van der Waals surface area contributed by atoms with Gasteiger partial charge in [-0.15, -0.1) is 16.8 Å². The second-order valence-electron chi connectivity index (χ2n) is 7.88. The lowest BCUT2D eigenvalue weighted by atomic mass is 10.1. The summed E-state index contributed by atoms with van der Waals surface area (Å²) in [4.78, 5) is 31.0. The molecule has 0 radical (unpaired) electrons. The van der Waals surface area contributed by atoms with Crippen molar-refractivity contribution in [3.05, 3.63) is 58.4 Å². The third kappa shape index (κ3) is 6.45. The van der Waals surface area contributed by atoms with Crippen LogP contribution in [0.3, 0.4) is 0 Å². The average Bonchev–Trinajstić information content (AvgIpc) is 3.32. The Labute approximate surface area is 207 Å². The number of allylic oxidation sites excluding steroid dienone is 1. The number of nitrogens with zero attached hydrogens (tertiary/aromatic N) is 5. The van der Waals surface area contributed by atoms with Gasteiger partial charge in [0.25, 0.3) is 5.91 Å². The molecule has 1 aromatic carbocycles. The summed E-state index contributed by atoms with van der Waals surface area (Å²) in [5, 5.41) is 12.2. The molecule has 0 spiro atoms. The molecule has 0 aliphatic carbocycles. The Morgan fingerprint density at radius 2 is 1.91 bits per heavy atom. The molecule has 11 heteroatoms. The zero-order chi connectivity index (χ0) is 24.8. The highest BCUT2D eigenvalue weighted by Gasteiger charge is 2.19. The van der Waals surface area contributed by atoms with E-state index in [0.717, 1.165) is 28.2 Å². The molecule has 2 amide bonds. The van der Waals surface area contributed by atoms with E-state index in [0.29, 0.717) is 33.2 Å². The van der Waals surface area contributed by atoms with Crippen LogP contribution in [0.1, 0.15) is 32.3 Å². The maximum absolute atomic E-state index is 12.5. The normalized spacial score (nSPS) is 10.7. The summed E-state index contributed by atoms with van der Waals surface area (Å²) in [6.45, 7) is 10.3. The summed E-state index contributed by atoms with van der Waals surface area (Å²) < 4.78 is 7.79. The number of hydrogen-bond donors (Lipinski definition) is 1. The van der Waals surface area contributed by atoms with Gasteiger partial charge in [0.1, 0.15) is 17.2 Å². The van der Waals surface area contributed by atoms with Gasteiger partial charge in [-0.25, -0.2) is 4.98 Å². The van der Waals surface area contributed by atoms with Crippen LogP contribution in [-0.4, -0.2) is 56.3 Å². The summed E-state index contributed by atoms with van der Waals surface area (Å²) in [6.07, 6.45) is 1.75. The lowest BCUT2D eigenvalue weighted by molar-refractivity contribution is -0.113. The molecule has 3 rings (SSSR count). The van der Waals surface area contributed by atoms with Crippen LogP contribution in [-0.2, 0) is 17.9 Å². The molecule has 2 heterocycles. The van der Waals surface area contributed by atoms with Gasteiger partial charge in [0.05, 0.1) is 11.4 Å². The molecule has 0 aliphatic rings. The molecule has 34 heavy (non-hydrogen) atoms. The summed E-state index contributed by atoms with van der Waals surface area (Å²) in [6, 6.07) is 6.03. The van der Waals surface area contributed by atoms with Gasteiger partial charge < -0.3 is 15.0 Å². The molecule has 0 unspecified atom stereocenters. The molecular formula is C23H28N6O3S2. The molecule has 180 valence electrons. The number of aromatic nitrogens is 4. The largest absolute Gasteiger partial charge is 0.486 e. The number of carbonyl (C=O) groups is 2. The monoisotopic (exact) mass is 500 g/mol. The highest BCUT2D eigenvalue weighted by molar-refractivity contribution is 7.99. The van der Waals surface area contributed by atoms with Gasteiger partial charge in [0, 0.05) is 20.6 Å². The van der Waals surface area contributed by atoms with Crippen LogP contribution in [0.15, 0.2) is 36.0 Å². The van der Waals surface area contributed by atoms with Crippen LogP contribution in [0.2, 0.25) is 0 Å². The Balaban J connectivity index is 1.62. The van der Waals surface area contributed by atoms with Crippen molar-refractivity contribution in [2.75, 3.05) is 25.2 Å². The number of carbonyl (C=O) groups excluding carboxylic acids is 2. The molecule has 0 fully saturated rings. The number of nitrogens with one attached hydrogen (secondary N) is 1. The van der Waals surface area contributed by atoms with Gasteiger partial charge >= 0.3 is 0 Å². The molecule has 1 N–H and O–H groups in total. The lowest BCUT2D eigenvalue weighted by Crippen LogP contribution is -2.21. The van der Waals surface area contributed by atoms with Gasteiger partial charge in [0.15, 0.2) is 16.1 Å². The minimum absolute atomic E-state index is 0.114. The molecule has 9 nitrogen and oxygen atoms in total. The number of ether oxygens (including phenoxy) is 1. The Bertz CT molecular complexity index is 1180. The van der Waals surface area contributed by atoms with E-state index in [4.69, 9.17) is 4.74 Å². The maximum Gasteiger partial charge on any atom is 0.265 e. The molecule has 0 aliphatic heterocycles. The fraction of sp³-hybridized carbons (Fsp3) is 0.348. The van der Waals surface area contributed by atoms with Gasteiger partial charge in [-0.2, -0.15) is 0 Å². The zero-order valence-corrected chi connectivity index (χ0v) is 21.5. The summed E-state index contributed by atoms with van der Waals surface area (Å²) in [5.41, 5.74) is 2.84. The minimum Gasteiger partial charge on any atom is -0.486 e. The van der Waals surface area contributed by atoms with E-state index in [2.05, 4.69) is 33.1 Å². The summed E-state index contributed by atoms with van der Waals surface area (Å²) in [5.74, 6) is 1.14. The zero-order valence-electron chi connectivity index (χ0n) is 19.9. The number of amides is 2. The molecular weight excluding hydrogens is 472 g/mol. The van der Waals surface area contributed by atoms with Crippen LogP contribution in [0.25, 0.3) is 0 Å². The van der Waals surface area contributed by atoms with Crippen molar-refractivity contribution >= 4 is 40.0 Å². The number of aryl methyl sites for hydroxylation is 3. The van der Waals surface area contributed by atoms with E-state index < -0.39 is 0 Å². The minimum atomic E-state index is -0.246. The van der Waals surface area contributed by atoms with Crippen molar-refractivity contribution in [3.8, 4) is 5.75 Å². The molecule has 0 bridgehead atoms. The molecule has 2 aromatic heterocycles. The predicted octanol–water partition coefficient (Wildman–Crippen LogP) is 3.86. The second-order valence-corrected chi connectivity index (χ2v) is 9.82. The fourth-order valence-corrected chi connectivity index (χ4v) is 4.92. The van der Waals surface area contributed by atoms with Gasteiger partial charge in [-0.3, -0.25) is 14.2 Å². The molecule has 3 aromatic rings. The number of rotatable bonds is 10. The standard InChI is InChI=1S/C23H28N6O3S2/c1-7-8-29-18(12-32-17-10-14(2)9-15(3)11-17)26-27-23(29)33-13-19(30)25-22-24-16(4)20(34-22)21(31)28(5)6/h7,9-11H,1,8,12-13H2,2-6H3,(H,24,25,30). The number of thioether (sulfide) groups is 1. The van der Waals surface area contributed by atoms with E-state index in [1.165, 1.54) is 16.7 Å². The van der Waals surface area contributed by atoms with E-state index in [1.807, 2.05) is 30.5 Å². The Morgan fingerprint density at radius 3 is 2.56 bits per heavy atom. The Kier molecular flexibility index (Phi) is 8.46. The maximum atomic E-state index is 12.5. The van der Waals surface area contributed by atoms with Gasteiger partial charge in [0.2, 0.25) is 5.91 Å². The molecule has 0 saturated carbocycles. The van der Waals surface area contributed by atoms with Crippen molar-refractivity contribution < 1.29 is 14.3 Å². The van der Waals surface area contributed by atoms with Crippen molar-refractivity contribution in [3.63, 3.8) is 0 Å². The molecule has 0 atom stereocenters. The first-order valence-electron chi connectivity index (χ1n) is 10.5. The first kappa shape index (κ1) is 25.4. The SMILES string of the molecule is C=CCn1c(COc2cc(C)cc(C)c2)nnc1SCC(=O)Nc1nc(C)c(C(=O)N(C)C)s1. The van der Waals surface area contributed by atoms with Crippen molar-refractivity contribution in [1.29, 1.82) is 0 Å². The number of anilines is 1. The van der Waals surface area contributed by atoms with Crippen molar-refractivity contribution in [2.45, 2.75) is 39.1 Å². The highest BCUT2D eigenvalue weighted by Crippen LogP contribution is 2.25. The van der Waals surface area contributed by atoms with Crippen LogP contribution in [0.5, 0.6) is 5.75 Å².